The molecule has 0 atom stereocenters. The summed E-state index contributed by atoms with van der Waals surface area (Å²) in [5.74, 6) is -1.81. The molecule has 0 unspecified atom stereocenters. The smallest absolute Gasteiger partial charge is 0.323 e. The molecular weight excluding hydrogens is 257 g/mol. The van der Waals surface area contributed by atoms with Crippen LogP contribution < -0.4 is 0 Å². The summed E-state index contributed by atoms with van der Waals surface area (Å²) >= 11 is 1.15. The van der Waals surface area contributed by atoms with Gasteiger partial charge < -0.3 is 10.0 Å². The number of rotatable bonds is 3. The molecule has 0 aliphatic carbocycles. The van der Waals surface area contributed by atoms with Gasteiger partial charge in [0.25, 0.3) is 5.91 Å². The second-order valence-corrected chi connectivity index (χ2v) is 4.93. The summed E-state index contributed by atoms with van der Waals surface area (Å²) in [7, 11) is 1.42. The highest BCUT2D eigenvalue weighted by atomic mass is 32.1. The van der Waals surface area contributed by atoms with E-state index in [1.165, 1.54) is 19.2 Å². The number of halogens is 1. The molecular formula is C12H10FNO3S. The van der Waals surface area contributed by atoms with Crippen LogP contribution in [0, 0.1) is 5.82 Å². The Hall–Kier alpha value is -1.95. The molecule has 1 aromatic heterocycles. The summed E-state index contributed by atoms with van der Waals surface area (Å²) in [6, 6.07) is 5.91. The fraction of sp³-hybridized carbons (Fsp3) is 0.167. The number of likely N-dealkylation sites (N-methyl/N-ethyl adjacent to an activating group) is 1. The van der Waals surface area contributed by atoms with Gasteiger partial charge in [-0.3, -0.25) is 9.59 Å². The number of carboxylic acids is 1. The quantitative estimate of drug-likeness (QED) is 0.927. The lowest BCUT2D eigenvalue weighted by molar-refractivity contribution is -0.137. The Balaban J connectivity index is 2.30. The first-order chi connectivity index (χ1) is 8.47. The topological polar surface area (TPSA) is 57.6 Å². The molecule has 6 heteroatoms. The van der Waals surface area contributed by atoms with Crippen LogP contribution in [0.15, 0.2) is 24.3 Å². The van der Waals surface area contributed by atoms with Crippen molar-refractivity contribution >= 4 is 33.3 Å². The average Bonchev–Trinajstić information content (AvgIpc) is 2.69. The molecule has 0 fully saturated rings. The maximum Gasteiger partial charge on any atom is 0.323 e. The molecule has 0 spiro atoms. The number of thiophene rings is 1. The van der Waals surface area contributed by atoms with E-state index in [4.69, 9.17) is 5.11 Å². The van der Waals surface area contributed by atoms with Gasteiger partial charge in [0.05, 0.1) is 4.88 Å². The Morgan fingerprint density at radius 3 is 2.78 bits per heavy atom. The molecule has 0 radical (unpaired) electrons. The van der Waals surface area contributed by atoms with Crippen molar-refractivity contribution in [3.05, 3.63) is 35.0 Å². The minimum Gasteiger partial charge on any atom is -0.480 e. The van der Waals surface area contributed by atoms with Gasteiger partial charge in [0.1, 0.15) is 12.4 Å². The van der Waals surface area contributed by atoms with Gasteiger partial charge in [-0.2, -0.15) is 0 Å². The number of carbonyl (C=O) groups is 2. The minimum absolute atomic E-state index is 0.359. The normalized spacial score (nSPS) is 10.6. The Kier molecular flexibility index (Phi) is 3.29. The second-order valence-electron chi connectivity index (χ2n) is 3.85. The van der Waals surface area contributed by atoms with Crippen molar-refractivity contribution in [2.45, 2.75) is 0 Å². The molecule has 1 aromatic carbocycles. The predicted molar refractivity (Wildman–Crippen MR) is 66.4 cm³/mol. The Labute approximate surface area is 106 Å². The molecule has 4 nitrogen and oxygen atoms in total. The lowest BCUT2D eigenvalue weighted by Gasteiger charge is -2.12. The lowest BCUT2D eigenvalue weighted by Crippen LogP contribution is -2.31. The highest BCUT2D eigenvalue weighted by Crippen LogP contribution is 2.27. The maximum atomic E-state index is 13.0. The Bertz CT molecular complexity index is 623. The fourth-order valence-electron chi connectivity index (χ4n) is 1.57. The third kappa shape index (κ3) is 2.48. The van der Waals surface area contributed by atoms with E-state index in [-0.39, 0.29) is 18.3 Å². The van der Waals surface area contributed by atoms with Crippen LogP contribution in [0.4, 0.5) is 4.39 Å². The van der Waals surface area contributed by atoms with Crippen LogP contribution in [0.3, 0.4) is 0 Å². The van der Waals surface area contributed by atoms with E-state index in [2.05, 4.69) is 0 Å². The zero-order valence-corrected chi connectivity index (χ0v) is 10.3. The fourth-order valence-corrected chi connectivity index (χ4v) is 2.66. The molecule has 0 aliphatic rings. The highest BCUT2D eigenvalue weighted by Gasteiger charge is 2.17. The van der Waals surface area contributed by atoms with Crippen molar-refractivity contribution in [2.24, 2.45) is 0 Å². The summed E-state index contributed by atoms with van der Waals surface area (Å²) in [6.45, 7) is -0.360. The molecule has 0 bridgehead atoms. The van der Waals surface area contributed by atoms with Crippen molar-refractivity contribution in [1.29, 1.82) is 0 Å². The number of fused-ring (bicyclic) bond motifs is 1. The summed E-state index contributed by atoms with van der Waals surface area (Å²) in [5.41, 5.74) is 0. The third-order valence-electron chi connectivity index (χ3n) is 2.41. The SMILES string of the molecule is CN(CC(=O)O)C(=O)c1cc2ccc(F)cc2s1. The summed E-state index contributed by atoms with van der Waals surface area (Å²) < 4.78 is 13.7. The van der Waals surface area contributed by atoms with Crippen LogP contribution in [0.2, 0.25) is 0 Å². The van der Waals surface area contributed by atoms with Crippen molar-refractivity contribution in [1.82, 2.24) is 4.90 Å². The van der Waals surface area contributed by atoms with E-state index in [9.17, 15) is 14.0 Å². The second kappa shape index (κ2) is 4.73. The summed E-state index contributed by atoms with van der Waals surface area (Å²) in [5, 5.41) is 9.39. The maximum absolute atomic E-state index is 13.0. The molecule has 18 heavy (non-hydrogen) atoms. The largest absolute Gasteiger partial charge is 0.480 e. The van der Waals surface area contributed by atoms with Crippen molar-refractivity contribution in [3.8, 4) is 0 Å². The standard InChI is InChI=1S/C12H10FNO3S/c1-14(6-11(15)16)12(17)10-4-7-2-3-8(13)5-9(7)18-10/h2-5H,6H2,1H3,(H,15,16). The molecule has 1 N–H and O–H groups in total. The average molecular weight is 267 g/mol. The summed E-state index contributed by atoms with van der Waals surface area (Å²) in [4.78, 5) is 24.0. The first-order valence-electron chi connectivity index (χ1n) is 5.14. The van der Waals surface area contributed by atoms with E-state index in [0.29, 0.717) is 9.58 Å². The van der Waals surface area contributed by atoms with E-state index in [0.717, 1.165) is 21.6 Å². The number of hydrogen-bond acceptors (Lipinski definition) is 3. The first-order valence-corrected chi connectivity index (χ1v) is 5.95. The number of carbonyl (C=O) groups excluding carboxylic acids is 1. The predicted octanol–water partition coefficient (Wildman–Crippen LogP) is 2.20. The lowest BCUT2D eigenvalue weighted by atomic mass is 10.2. The van der Waals surface area contributed by atoms with Gasteiger partial charge in [0, 0.05) is 11.7 Å². The van der Waals surface area contributed by atoms with Gasteiger partial charge in [-0.15, -0.1) is 11.3 Å². The van der Waals surface area contributed by atoms with Gasteiger partial charge in [0.15, 0.2) is 0 Å². The van der Waals surface area contributed by atoms with Crippen LogP contribution in [0.1, 0.15) is 9.67 Å². The van der Waals surface area contributed by atoms with Gasteiger partial charge in [-0.1, -0.05) is 6.07 Å². The van der Waals surface area contributed by atoms with Crippen LogP contribution in [-0.2, 0) is 4.79 Å². The Morgan fingerprint density at radius 2 is 2.11 bits per heavy atom. The number of benzene rings is 1. The van der Waals surface area contributed by atoms with Gasteiger partial charge in [0.2, 0.25) is 0 Å². The first kappa shape index (κ1) is 12.5. The molecule has 1 amide bonds. The van der Waals surface area contributed by atoms with Crippen molar-refractivity contribution in [2.75, 3.05) is 13.6 Å². The monoisotopic (exact) mass is 267 g/mol. The van der Waals surface area contributed by atoms with E-state index < -0.39 is 5.97 Å². The highest BCUT2D eigenvalue weighted by molar-refractivity contribution is 7.20. The van der Waals surface area contributed by atoms with E-state index in [1.54, 1.807) is 12.1 Å². The molecule has 94 valence electrons. The van der Waals surface area contributed by atoms with Crippen LogP contribution in [0.25, 0.3) is 10.1 Å². The molecule has 0 saturated carbocycles. The van der Waals surface area contributed by atoms with Crippen molar-refractivity contribution in [3.63, 3.8) is 0 Å². The zero-order valence-electron chi connectivity index (χ0n) is 9.51. The van der Waals surface area contributed by atoms with Crippen molar-refractivity contribution < 1.29 is 19.1 Å². The number of hydrogen-bond donors (Lipinski definition) is 1. The van der Waals surface area contributed by atoms with Gasteiger partial charge in [-0.25, -0.2) is 4.39 Å². The molecule has 2 aromatic rings. The number of carboxylic acid groups (broad SMARTS) is 1. The van der Waals surface area contributed by atoms with E-state index in [1.807, 2.05) is 0 Å². The molecule has 2 rings (SSSR count). The van der Waals surface area contributed by atoms with Crippen LogP contribution in [0.5, 0.6) is 0 Å². The zero-order chi connectivity index (χ0) is 13.3. The van der Waals surface area contributed by atoms with Crippen LogP contribution in [-0.4, -0.2) is 35.5 Å². The molecule has 1 heterocycles. The number of amides is 1. The number of nitrogens with zero attached hydrogens (tertiary/aromatic N) is 1. The Morgan fingerprint density at radius 1 is 1.39 bits per heavy atom. The molecule has 0 aliphatic heterocycles. The van der Waals surface area contributed by atoms with Gasteiger partial charge >= 0.3 is 5.97 Å². The minimum atomic E-state index is -1.07. The van der Waals surface area contributed by atoms with E-state index >= 15 is 0 Å². The summed E-state index contributed by atoms with van der Waals surface area (Å²) in [6.07, 6.45) is 0. The number of aliphatic carboxylic acids is 1. The van der Waals surface area contributed by atoms with Gasteiger partial charge in [-0.05, 0) is 23.6 Å². The van der Waals surface area contributed by atoms with Crippen LogP contribution >= 0.6 is 11.3 Å². The third-order valence-corrected chi connectivity index (χ3v) is 3.50. The molecule has 0 saturated heterocycles.